The fourth-order valence-corrected chi connectivity index (χ4v) is 9.01. The topological polar surface area (TPSA) is 147 Å². The summed E-state index contributed by atoms with van der Waals surface area (Å²) >= 11 is 0. The van der Waals surface area contributed by atoms with E-state index < -0.39 is 30.4 Å². The summed E-state index contributed by atoms with van der Waals surface area (Å²) in [5, 5.41) is 55.1. The summed E-state index contributed by atoms with van der Waals surface area (Å²) in [5.41, 5.74) is -0.564. The van der Waals surface area contributed by atoms with E-state index in [1.165, 1.54) is 0 Å². The number of amides is 1. The molecule has 34 heavy (non-hydrogen) atoms. The highest BCUT2D eigenvalue weighted by molar-refractivity contribution is 5.81. The molecule has 0 saturated heterocycles. The number of aliphatic hydroxyl groups excluding tert-OH is 4. The van der Waals surface area contributed by atoms with Gasteiger partial charge in [0.15, 0.2) is 0 Å². The Bertz CT molecular complexity index is 791. The quantitative estimate of drug-likeness (QED) is 0.337. The van der Waals surface area contributed by atoms with Gasteiger partial charge >= 0.3 is 5.97 Å². The first-order valence-corrected chi connectivity index (χ1v) is 13.1. The number of hydrogen-bond acceptors (Lipinski definition) is 6. The number of carboxylic acid groups (broad SMARTS) is 1. The van der Waals surface area contributed by atoms with Gasteiger partial charge in [-0.05, 0) is 91.3 Å². The van der Waals surface area contributed by atoms with Crippen molar-refractivity contribution in [3.8, 4) is 0 Å². The lowest BCUT2D eigenvalue weighted by atomic mass is 9.42. The van der Waals surface area contributed by atoms with E-state index in [4.69, 9.17) is 5.11 Å². The fraction of sp³-hybridized carbons (Fsp3) is 0.923. The number of carboxylic acids is 1. The summed E-state index contributed by atoms with van der Waals surface area (Å²) in [6, 6.07) is 0. The molecule has 1 amide bonds. The van der Waals surface area contributed by atoms with Crippen LogP contribution in [0.25, 0.3) is 0 Å². The van der Waals surface area contributed by atoms with Crippen molar-refractivity contribution >= 4 is 11.9 Å². The first-order valence-electron chi connectivity index (χ1n) is 13.1. The zero-order valence-electron chi connectivity index (χ0n) is 20.7. The molecule has 8 nitrogen and oxygen atoms in total. The van der Waals surface area contributed by atoms with Gasteiger partial charge in [-0.1, -0.05) is 20.8 Å². The SMILES string of the molecule is C[C@H](CCC(=O)NCC(=O)O)[C@H]1CC[C@H]2[C@@H]3[C@H](O)C[C@@H]4[C@@H](O)[C@H](O)CC[C@]4(C)[C@H]3C[C@H](O)[C@]12C. The minimum absolute atomic E-state index is 0.0631. The largest absolute Gasteiger partial charge is 0.480 e. The maximum atomic E-state index is 12.0. The Labute approximate surface area is 202 Å². The molecule has 6 N–H and O–H groups in total. The molecule has 0 radical (unpaired) electrons. The Morgan fingerprint density at radius 1 is 0.971 bits per heavy atom. The molecule has 0 aromatic rings. The third kappa shape index (κ3) is 4.08. The van der Waals surface area contributed by atoms with Crippen LogP contribution in [0.1, 0.15) is 72.1 Å². The normalized spacial score (nSPS) is 48.9. The molecule has 0 spiro atoms. The fourth-order valence-electron chi connectivity index (χ4n) is 9.01. The average molecular weight is 482 g/mol. The van der Waals surface area contributed by atoms with Gasteiger partial charge in [-0.25, -0.2) is 0 Å². The van der Waals surface area contributed by atoms with Crippen LogP contribution in [0.15, 0.2) is 0 Å². The maximum Gasteiger partial charge on any atom is 0.322 e. The third-order valence-electron chi connectivity index (χ3n) is 10.9. The van der Waals surface area contributed by atoms with Crippen LogP contribution >= 0.6 is 0 Å². The van der Waals surface area contributed by atoms with Crippen LogP contribution in [0.3, 0.4) is 0 Å². The van der Waals surface area contributed by atoms with Crippen LogP contribution in [0.5, 0.6) is 0 Å². The van der Waals surface area contributed by atoms with Crippen LogP contribution in [-0.2, 0) is 9.59 Å². The Morgan fingerprint density at radius 2 is 1.68 bits per heavy atom. The van der Waals surface area contributed by atoms with Crippen molar-refractivity contribution in [2.24, 2.45) is 46.3 Å². The zero-order chi connectivity index (χ0) is 25.0. The molecule has 4 aliphatic carbocycles. The monoisotopic (exact) mass is 481 g/mol. The number of fused-ring (bicyclic) bond motifs is 5. The molecule has 0 aliphatic heterocycles. The third-order valence-corrected chi connectivity index (χ3v) is 10.9. The molecule has 0 unspecified atom stereocenters. The van der Waals surface area contributed by atoms with Crippen molar-refractivity contribution in [3.63, 3.8) is 0 Å². The molecular weight excluding hydrogens is 438 g/mol. The summed E-state index contributed by atoms with van der Waals surface area (Å²) in [6.45, 7) is 6.10. The molecule has 4 rings (SSSR count). The molecule has 8 heteroatoms. The van der Waals surface area contributed by atoms with Crippen molar-refractivity contribution in [2.75, 3.05) is 6.54 Å². The second kappa shape index (κ2) is 9.34. The van der Waals surface area contributed by atoms with Crippen molar-refractivity contribution in [1.82, 2.24) is 5.32 Å². The number of rotatable bonds is 6. The van der Waals surface area contributed by atoms with E-state index in [9.17, 15) is 30.0 Å². The van der Waals surface area contributed by atoms with Crippen LogP contribution in [0.2, 0.25) is 0 Å². The van der Waals surface area contributed by atoms with Crippen molar-refractivity contribution in [2.45, 2.75) is 96.6 Å². The minimum atomic E-state index is -1.06. The smallest absolute Gasteiger partial charge is 0.322 e. The van der Waals surface area contributed by atoms with E-state index in [1.54, 1.807) is 0 Å². The highest BCUT2D eigenvalue weighted by Gasteiger charge is 2.66. The van der Waals surface area contributed by atoms with Gasteiger partial charge in [0.25, 0.3) is 0 Å². The Balaban J connectivity index is 1.50. The highest BCUT2D eigenvalue weighted by Crippen LogP contribution is 2.68. The Morgan fingerprint density at radius 3 is 2.35 bits per heavy atom. The molecule has 4 saturated carbocycles. The maximum absolute atomic E-state index is 12.0. The number of carbonyl (C=O) groups is 2. The van der Waals surface area contributed by atoms with Crippen LogP contribution in [0.4, 0.5) is 0 Å². The van der Waals surface area contributed by atoms with Crippen LogP contribution < -0.4 is 5.32 Å². The molecular formula is C26H43NO7. The van der Waals surface area contributed by atoms with E-state index in [0.29, 0.717) is 25.7 Å². The summed E-state index contributed by atoms with van der Waals surface area (Å²) in [4.78, 5) is 22.7. The standard InChI is InChI=1S/C26H43NO7/c1-13(4-7-21(31)27-12-22(32)33)14-5-6-15-23-16(11-20(30)26(14,15)3)25(2)9-8-18(28)24(34)17(25)10-19(23)29/h13-20,23-24,28-30,34H,4-12H2,1-3H3,(H,27,31)(H,32,33)/t13-,14-,15+,16+,17-,18-,19-,20+,23+,24-,25-,26-/m1/s1. The molecule has 0 aromatic carbocycles. The van der Waals surface area contributed by atoms with Gasteiger partial charge in [0.05, 0.1) is 24.4 Å². The molecule has 194 valence electrons. The molecule has 0 bridgehead atoms. The van der Waals surface area contributed by atoms with Gasteiger partial charge in [0.1, 0.15) is 6.54 Å². The number of aliphatic hydroxyl groups is 4. The number of carbonyl (C=O) groups excluding carboxylic acids is 1. The second-order valence-corrected chi connectivity index (χ2v) is 12.3. The van der Waals surface area contributed by atoms with Crippen LogP contribution in [-0.4, -0.2) is 68.4 Å². The minimum Gasteiger partial charge on any atom is -0.480 e. The first kappa shape index (κ1) is 25.9. The van der Waals surface area contributed by atoms with Gasteiger partial charge in [-0.2, -0.15) is 0 Å². The molecule has 0 aromatic heterocycles. The predicted molar refractivity (Wildman–Crippen MR) is 124 cm³/mol. The van der Waals surface area contributed by atoms with E-state index in [0.717, 1.165) is 19.3 Å². The van der Waals surface area contributed by atoms with Gasteiger partial charge in [-0.15, -0.1) is 0 Å². The van der Waals surface area contributed by atoms with Gasteiger partial charge in [-0.3, -0.25) is 9.59 Å². The predicted octanol–water partition coefficient (Wildman–Crippen LogP) is 1.54. The van der Waals surface area contributed by atoms with Gasteiger partial charge in [0, 0.05) is 6.42 Å². The average Bonchev–Trinajstić information content (AvgIpc) is 3.14. The van der Waals surface area contributed by atoms with Crippen molar-refractivity contribution in [3.05, 3.63) is 0 Å². The van der Waals surface area contributed by atoms with Crippen LogP contribution in [0, 0.1) is 46.3 Å². The van der Waals surface area contributed by atoms with E-state index in [1.807, 2.05) is 0 Å². The summed E-state index contributed by atoms with van der Waals surface area (Å²) < 4.78 is 0. The number of hydrogen-bond donors (Lipinski definition) is 6. The van der Waals surface area contributed by atoms with Gasteiger partial charge < -0.3 is 30.8 Å². The van der Waals surface area contributed by atoms with E-state index in [2.05, 4.69) is 26.1 Å². The summed E-state index contributed by atoms with van der Waals surface area (Å²) in [5.74, 6) is -0.742. The molecule has 0 heterocycles. The van der Waals surface area contributed by atoms with E-state index in [-0.39, 0.29) is 65.2 Å². The van der Waals surface area contributed by atoms with Crippen molar-refractivity contribution < 1.29 is 35.1 Å². The summed E-state index contributed by atoms with van der Waals surface area (Å²) in [6.07, 6.45) is 2.52. The second-order valence-electron chi connectivity index (χ2n) is 12.3. The molecule has 12 atom stereocenters. The lowest BCUT2D eigenvalue weighted by molar-refractivity contribution is -0.228. The lowest BCUT2D eigenvalue weighted by Crippen LogP contribution is -2.64. The van der Waals surface area contributed by atoms with Crippen molar-refractivity contribution in [1.29, 1.82) is 0 Å². The Hall–Kier alpha value is -1.22. The number of aliphatic carboxylic acids is 1. The van der Waals surface area contributed by atoms with E-state index >= 15 is 0 Å². The molecule has 4 aliphatic rings. The summed E-state index contributed by atoms with van der Waals surface area (Å²) in [7, 11) is 0. The zero-order valence-corrected chi connectivity index (χ0v) is 20.7. The lowest BCUT2D eigenvalue weighted by Gasteiger charge is -2.64. The first-order chi connectivity index (χ1) is 15.9. The number of nitrogens with one attached hydrogen (secondary N) is 1. The van der Waals surface area contributed by atoms with Gasteiger partial charge in [0.2, 0.25) is 5.91 Å². The highest BCUT2D eigenvalue weighted by atomic mass is 16.4. The Kier molecular flexibility index (Phi) is 7.10. The molecule has 4 fully saturated rings.